The van der Waals surface area contributed by atoms with Crippen molar-refractivity contribution in [3.63, 3.8) is 0 Å². The van der Waals surface area contributed by atoms with Crippen LogP contribution >= 0.6 is 11.8 Å². The summed E-state index contributed by atoms with van der Waals surface area (Å²) in [6.45, 7) is 6.16. The van der Waals surface area contributed by atoms with Gasteiger partial charge in [0, 0.05) is 23.5 Å². The average molecular weight is 359 g/mol. The number of urea groups is 1. The van der Waals surface area contributed by atoms with E-state index < -0.39 is 17.8 Å². The van der Waals surface area contributed by atoms with E-state index in [1.807, 2.05) is 20.8 Å². The number of amides is 2. The summed E-state index contributed by atoms with van der Waals surface area (Å²) >= 11 is 1.42. The van der Waals surface area contributed by atoms with Crippen LogP contribution in [-0.2, 0) is 6.18 Å². The molecular formula is C16H20F3N3OS. The summed E-state index contributed by atoms with van der Waals surface area (Å²) in [7, 11) is 0. The first-order valence-corrected chi connectivity index (χ1v) is 8.59. The Morgan fingerprint density at radius 1 is 1.46 bits per heavy atom. The Labute approximate surface area is 143 Å². The first-order valence-electron chi connectivity index (χ1n) is 7.71. The van der Waals surface area contributed by atoms with Crippen LogP contribution in [0.3, 0.4) is 0 Å². The molecule has 132 valence electrons. The first kappa shape index (κ1) is 18.6. The molecule has 0 saturated carbocycles. The molecule has 1 heterocycles. The molecule has 1 N–H and O–H groups in total. The number of nitrogens with one attached hydrogen (secondary N) is 1. The molecule has 0 radical (unpaired) electrons. The van der Waals surface area contributed by atoms with Gasteiger partial charge in [0.2, 0.25) is 0 Å². The topological polar surface area (TPSA) is 44.7 Å². The Kier molecular flexibility index (Phi) is 5.79. The van der Waals surface area contributed by atoms with Crippen LogP contribution in [0.1, 0.15) is 32.8 Å². The van der Waals surface area contributed by atoms with Crippen molar-refractivity contribution in [2.24, 2.45) is 4.99 Å². The van der Waals surface area contributed by atoms with Crippen LogP contribution in [0.5, 0.6) is 0 Å². The predicted molar refractivity (Wildman–Crippen MR) is 91.6 cm³/mol. The van der Waals surface area contributed by atoms with E-state index in [-0.39, 0.29) is 11.3 Å². The number of anilines is 1. The van der Waals surface area contributed by atoms with E-state index >= 15 is 0 Å². The molecule has 0 aliphatic carbocycles. The van der Waals surface area contributed by atoms with Gasteiger partial charge < -0.3 is 10.2 Å². The quantitative estimate of drug-likeness (QED) is 0.863. The molecule has 0 bridgehead atoms. The van der Waals surface area contributed by atoms with E-state index in [4.69, 9.17) is 0 Å². The molecule has 1 atom stereocenters. The molecule has 2 amide bonds. The van der Waals surface area contributed by atoms with Crippen LogP contribution in [0, 0.1) is 0 Å². The molecule has 1 aliphatic rings. The van der Waals surface area contributed by atoms with E-state index in [0.717, 1.165) is 18.6 Å². The molecular weight excluding hydrogens is 339 g/mol. The number of thioether (sulfide) groups is 1. The largest absolute Gasteiger partial charge is 0.416 e. The van der Waals surface area contributed by atoms with Crippen molar-refractivity contribution in [3.05, 3.63) is 29.8 Å². The SMILES string of the molecule is CCC1CN(c2cccc(C(F)(F)F)c2)C(=NC(=O)NC(C)C)S1. The number of nitrogens with zero attached hydrogens (tertiary/aromatic N) is 2. The summed E-state index contributed by atoms with van der Waals surface area (Å²) in [4.78, 5) is 17.6. The van der Waals surface area contributed by atoms with Gasteiger partial charge in [0.1, 0.15) is 0 Å². The Balaban J connectivity index is 2.32. The second-order valence-corrected chi connectivity index (χ2v) is 7.07. The van der Waals surface area contributed by atoms with Gasteiger partial charge in [-0.1, -0.05) is 24.8 Å². The maximum Gasteiger partial charge on any atom is 0.416 e. The molecule has 2 rings (SSSR count). The lowest BCUT2D eigenvalue weighted by atomic mass is 10.2. The number of hydrogen-bond acceptors (Lipinski definition) is 2. The van der Waals surface area contributed by atoms with E-state index in [0.29, 0.717) is 17.4 Å². The zero-order valence-electron chi connectivity index (χ0n) is 13.7. The van der Waals surface area contributed by atoms with Crippen molar-refractivity contribution >= 4 is 28.6 Å². The normalized spacial score (nSPS) is 20.0. The van der Waals surface area contributed by atoms with Crippen LogP contribution < -0.4 is 10.2 Å². The van der Waals surface area contributed by atoms with E-state index in [9.17, 15) is 18.0 Å². The fourth-order valence-corrected chi connectivity index (χ4v) is 3.39. The summed E-state index contributed by atoms with van der Waals surface area (Å²) in [5.41, 5.74) is -0.319. The maximum atomic E-state index is 12.9. The van der Waals surface area contributed by atoms with Crippen LogP contribution in [0.15, 0.2) is 29.3 Å². The molecule has 4 nitrogen and oxygen atoms in total. The lowest BCUT2D eigenvalue weighted by Crippen LogP contribution is -2.31. The molecule has 1 aliphatic heterocycles. The zero-order valence-corrected chi connectivity index (χ0v) is 14.5. The molecule has 0 spiro atoms. The third-order valence-corrected chi connectivity index (χ3v) is 4.78. The lowest BCUT2D eigenvalue weighted by Gasteiger charge is -2.19. The van der Waals surface area contributed by atoms with Gasteiger partial charge in [-0.05, 0) is 38.5 Å². The molecule has 1 unspecified atom stereocenters. The summed E-state index contributed by atoms with van der Waals surface area (Å²) < 4.78 is 38.8. The number of alkyl halides is 3. The standard InChI is InChI=1S/C16H20F3N3OS/c1-4-13-9-22(15(24-13)21-14(23)20-10(2)3)12-7-5-6-11(8-12)16(17,18)19/h5-8,10,13H,4,9H2,1-3H3,(H,20,23). The third kappa shape index (κ3) is 4.66. The molecule has 1 aromatic carbocycles. The minimum Gasteiger partial charge on any atom is -0.334 e. The minimum atomic E-state index is -4.40. The van der Waals surface area contributed by atoms with E-state index in [1.165, 1.54) is 17.8 Å². The number of halogens is 3. The Morgan fingerprint density at radius 3 is 2.75 bits per heavy atom. The molecule has 8 heteroatoms. The summed E-state index contributed by atoms with van der Waals surface area (Å²) in [6, 6.07) is 4.55. The van der Waals surface area contributed by atoms with Gasteiger partial charge in [-0.3, -0.25) is 0 Å². The van der Waals surface area contributed by atoms with Crippen LogP contribution in [0.4, 0.5) is 23.7 Å². The van der Waals surface area contributed by atoms with E-state index in [2.05, 4.69) is 10.3 Å². The summed E-state index contributed by atoms with van der Waals surface area (Å²) in [6.07, 6.45) is -3.57. The molecule has 0 aromatic heterocycles. The monoisotopic (exact) mass is 359 g/mol. The van der Waals surface area contributed by atoms with Gasteiger partial charge in [-0.2, -0.15) is 18.2 Å². The number of carbonyl (C=O) groups is 1. The van der Waals surface area contributed by atoms with Crippen molar-refractivity contribution in [2.75, 3.05) is 11.4 Å². The van der Waals surface area contributed by atoms with Gasteiger partial charge in [0.25, 0.3) is 0 Å². The number of rotatable bonds is 3. The Bertz CT molecular complexity index is 631. The minimum absolute atomic E-state index is 0.0581. The highest BCUT2D eigenvalue weighted by atomic mass is 32.2. The number of amidine groups is 1. The van der Waals surface area contributed by atoms with Gasteiger partial charge in [-0.25, -0.2) is 4.79 Å². The number of hydrogen-bond donors (Lipinski definition) is 1. The highest BCUT2D eigenvalue weighted by Crippen LogP contribution is 2.36. The second kappa shape index (κ2) is 7.46. The first-order chi connectivity index (χ1) is 11.2. The van der Waals surface area contributed by atoms with Gasteiger partial charge >= 0.3 is 12.2 Å². The molecule has 1 aromatic rings. The fourth-order valence-electron chi connectivity index (χ4n) is 2.26. The molecule has 24 heavy (non-hydrogen) atoms. The fraction of sp³-hybridized carbons (Fsp3) is 0.500. The molecule has 1 fully saturated rings. The van der Waals surface area contributed by atoms with Crippen LogP contribution in [0.25, 0.3) is 0 Å². The highest BCUT2D eigenvalue weighted by molar-refractivity contribution is 8.15. The van der Waals surface area contributed by atoms with Gasteiger partial charge in [0.05, 0.1) is 5.56 Å². The Hall–Kier alpha value is -1.70. The van der Waals surface area contributed by atoms with Gasteiger partial charge in [-0.15, -0.1) is 0 Å². The number of aliphatic imine (C=N–C) groups is 1. The van der Waals surface area contributed by atoms with E-state index in [1.54, 1.807) is 11.0 Å². The van der Waals surface area contributed by atoms with Crippen molar-refractivity contribution in [1.82, 2.24) is 5.32 Å². The second-order valence-electron chi connectivity index (χ2n) is 5.81. The number of carbonyl (C=O) groups excluding carboxylic acids is 1. The average Bonchev–Trinajstić information content (AvgIpc) is 2.88. The predicted octanol–water partition coefficient (Wildman–Crippen LogP) is 4.51. The maximum absolute atomic E-state index is 12.9. The molecule has 1 saturated heterocycles. The number of benzene rings is 1. The Morgan fingerprint density at radius 2 is 2.17 bits per heavy atom. The lowest BCUT2D eigenvalue weighted by molar-refractivity contribution is -0.137. The van der Waals surface area contributed by atoms with Crippen LogP contribution in [-0.4, -0.2) is 29.0 Å². The summed E-state index contributed by atoms with van der Waals surface area (Å²) in [5.74, 6) is 0. The third-order valence-electron chi connectivity index (χ3n) is 3.44. The smallest absolute Gasteiger partial charge is 0.334 e. The zero-order chi connectivity index (χ0) is 17.9. The van der Waals surface area contributed by atoms with Crippen molar-refractivity contribution in [3.8, 4) is 0 Å². The van der Waals surface area contributed by atoms with Gasteiger partial charge in [0.15, 0.2) is 5.17 Å². The highest BCUT2D eigenvalue weighted by Gasteiger charge is 2.33. The van der Waals surface area contributed by atoms with Crippen molar-refractivity contribution in [1.29, 1.82) is 0 Å². The van der Waals surface area contributed by atoms with Crippen molar-refractivity contribution in [2.45, 2.75) is 44.7 Å². The van der Waals surface area contributed by atoms with Crippen LogP contribution in [0.2, 0.25) is 0 Å². The van der Waals surface area contributed by atoms with Crippen molar-refractivity contribution < 1.29 is 18.0 Å². The summed E-state index contributed by atoms with van der Waals surface area (Å²) in [5, 5.41) is 3.28.